The Hall–Kier alpha value is -0.580. The average molecular weight is 292 g/mol. The number of carbonyl (C=O) groups excluding carboxylic acids is 1. The smallest absolute Gasteiger partial charge is 0.231 e. The summed E-state index contributed by atoms with van der Waals surface area (Å²) in [5, 5.41) is 0.681. The number of rotatable bonds is 4. The number of primary amides is 1. The summed E-state index contributed by atoms with van der Waals surface area (Å²) in [5.74, 6) is -0.342. The molecule has 0 bridgehead atoms. The lowest BCUT2D eigenvalue weighted by Gasteiger charge is -2.15. The molecule has 1 aromatic carbocycles. The van der Waals surface area contributed by atoms with Crippen LogP contribution in [-0.4, -0.2) is 24.4 Å². The summed E-state index contributed by atoms with van der Waals surface area (Å²) in [5.41, 5.74) is 6.06. The number of benzene rings is 1. The Morgan fingerprint density at radius 2 is 2.27 bits per heavy atom. The second-order valence-corrected chi connectivity index (χ2v) is 4.70. The topological polar surface area (TPSA) is 46.3 Å². The molecule has 0 radical (unpaired) electrons. The molecule has 0 aliphatic rings. The van der Waals surface area contributed by atoms with Crippen molar-refractivity contribution in [3.05, 3.63) is 33.3 Å². The van der Waals surface area contributed by atoms with E-state index in [4.69, 9.17) is 17.3 Å². The maximum atomic E-state index is 10.7. The Morgan fingerprint density at radius 1 is 1.60 bits per heavy atom. The van der Waals surface area contributed by atoms with Gasteiger partial charge >= 0.3 is 0 Å². The minimum Gasteiger partial charge on any atom is -0.369 e. The number of halogens is 2. The molecular weight excluding hydrogens is 279 g/mol. The quantitative estimate of drug-likeness (QED) is 0.922. The van der Waals surface area contributed by atoms with Gasteiger partial charge in [0.1, 0.15) is 0 Å². The Kier molecular flexibility index (Phi) is 4.57. The summed E-state index contributed by atoms with van der Waals surface area (Å²) in [4.78, 5) is 12.5. The van der Waals surface area contributed by atoms with Crippen molar-refractivity contribution in [2.45, 2.75) is 6.54 Å². The highest BCUT2D eigenvalue weighted by molar-refractivity contribution is 9.10. The third-order valence-electron chi connectivity index (χ3n) is 1.88. The summed E-state index contributed by atoms with van der Waals surface area (Å²) in [6.07, 6.45) is 0. The highest BCUT2D eigenvalue weighted by Crippen LogP contribution is 2.22. The fourth-order valence-corrected chi connectivity index (χ4v) is 2.00. The summed E-state index contributed by atoms with van der Waals surface area (Å²) >= 11 is 9.37. The monoisotopic (exact) mass is 290 g/mol. The van der Waals surface area contributed by atoms with E-state index in [0.717, 1.165) is 10.0 Å². The maximum Gasteiger partial charge on any atom is 0.231 e. The van der Waals surface area contributed by atoms with Crippen molar-refractivity contribution >= 4 is 33.4 Å². The average Bonchev–Trinajstić information content (AvgIpc) is 2.08. The van der Waals surface area contributed by atoms with Crippen molar-refractivity contribution in [2.75, 3.05) is 13.6 Å². The van der Waals surface area contributed by atoms with E-state index in [1.54, 1.807) is 0 Å². The number of nitrogens with two attached hydrogens (primary N) is 1. The molecular formula is C10H12BrClN2O. The van der Waals surface area contributed by atoms with Gasteiger partial charge in [0.15, 0.2) is 0 Å². The van der Waals surface area contributed by atoms with Gasteiger partial charge < -0.3 is 5.73 Å². The van der Waals surface area contributed by atoms with Crippen LogP contribution < -0.4 is 5.73 Å². The van der Waals surface area contributed by atoms with Crippen LogP contribution in [0.25, 0.3) is 0 Å². The van der Waals surface area contributed by atoms with Gasteiger partial charge in [0.05, 0.1) is 6.54 Å². The first-order chi connectivity index (χ1) is 6.99. The van der Waals surface area contributed by atoms with Crippen molar-refractivity contribution < 1.29 is 4.79 Å². The van der Waals surface area contributed by atoms with Crippen molar-refractivity contribution in [3.8, 4) is 0 Å². The second-order valence-electron chi connectivity index (χ2n) is 3.37. The van der Waals surface area contributed by atoms with Crippen LogP contribution in [0.2, 0.25) is 5.02 Å². The lowest BCUT2D eigenvalue weighted by atomic mass is 10.2. The molecule has 0 saturated carbocycles. The number of carbonyl (C=O) groups is 1. The summed E-state index contributed by atoms with van der Waals surface area (Å²) in [6, 6.07) is 5.66. The molecule has 0 atom stereocenters. The van der Waals surface area contributed by atoms with Crippen LogP contribution in [0.4, 0.5) is 0 Å². The number of likely N-dealkylation sites (N-methyl/N-ethyl adjacent to an activating group) is 1. The zero-order valence-electron chi connectivity index (χ0n) is 8.34. The summed E-state index contributed by atoms with van der Waals surface area (Å²) in [6.45, 7) is 0.835. The highest BCUT2D eigenvalue weighted by Gasteiger charge is 2.06. The molecule has 0 saturated heterocycles. The molecule has 5 heteroatoms. The molecule has 15 heavy (non-hydrogen) atoms. The first-order valence-electron chi connectivity index (χ1n) is 4.40. The Bertz CT molecular complexity index is 370. The first-order valence-corrected chi connectivity index (χ1v) is 5.57. The minimum absolute atomic E-state index is 0.229. The van der Waals surface area contributed by atoms with E-state index in [-0.39, 0.29) is 12.5 Å². The van der Waals surface area contributed by atoms with Crippen LogP contribution in [0.3, 0.4) is 0 Å². The molecule has 0 aromatic heterocycles. The number of hydrogen-bond acceptors (Lipinski definition) is 2. The molecule has 0 spiro atoms. The summed E-state index contributed by atoms with van der Waals surface area (Å²) in [7, 11) is 1.82. The fraction of sp³-hybridized carbons (Fsp3) is 0.300. The summed E-state index contributed by atoms with van der Waals surface area (Å²) < 4.78 is 0.939. The predicted octanol–water partition coefficient (Wildman–Crippen LogP) is 2.02. The number of nitrogens with zero attached hydrogens (tertiary/aromatic N) is 1. The van der Waals surface area contributed by atoms with Crippen molar-refractivity contribution in [1.29, 1.82) is 0 Å². The molecule has 0 heterocycles. The van der Waals surface area contributed by atoms with E-state index in [0.29, 0.717) is 11.6 Å². The zero-order chi connectivity index (χ0) is 11.4. The van der Waals surface area contributed by atoms with Crippen LogP contribution in [0, 0.1) is 0 Å². The molecule has 1 aromatic rings. The van der Waals surface area contributed by atoms with Crippen LogP contribution in [-0.2, 0) is 11.3 Å². The van der Waals surface area contributed by atoms with E-state index < -0.39 is 0 Å². The van der Waals surface area contributed by atoms with Crippen molar-refractivity contribution in [2.24, 2.45) is 5.73 Å². The van der Waals surface area contributed by atoms with Gasteiger partial charge in [0.2, 0.25) is 5.91 Å². The number of amides is 1. The standard InChI is InChI=1S/C10H12BrClN2O/c1-14(6-10(13)15)5-7-2-3-8(11)4-9(7)12/h2-4H,5-6H2,1H3,(H2,13,15). The fourth-order valence-electron chi connectivity index (χ4n) is 1.26. The van der Waals surface area contributed by atoms with E-state index in [9.17, 15) is 4.79 Å². The molecule has 82 valence electrons. The lowest BCUT2D eigenvalue weighted by molar-refractivity contribution is -0.118. The maximum absolute atomic E-state index is 10.7. The number of hydrogen-bond donors (Lipinski definition) is 1. The van der Waals surface area contributed by atoms with Gasteiger partial charge in [-0.25, -0.2) is 0 Å². The van der Waals surface area contributed by atoms with Gasteiger partial charge in [-0.05, 0) is 24.7 Å². The van der Waals surface area contributed by atoms with E-state index in [2.05, 4.69) is 15.9 Å². The third-order valence-corrected chi connectivity index (χ3v) is 2.73. The minimum atomic E-state index is -0.342. The van der Waals surface area contributed by atoms with Crippen LogP contribution in [0.1, 0.15) is 5.56 Å². The van der Waals surface area contributed by atoms with Gasteiger partial charge in [-0.15, -0.1) is 0 Å². The molecule has 0 aliphatic carbocycles. The van der Waals surface area contributed by atoms with E-state index in [1.165, 1.54) is 0 Å². The molecule has 2 N–H and O–H groups in total. The Labute approximate surface area is 102 Å². The van der Waals surface area contributed by atoms with Gasteiger partial charge in [0.25, 0.3) is 0 Å². The van der Waals surface area contributed by atoms with Gasteiger partial charge in [-0.3, -0.25) is 9.69 Å². The second kappa shape index (κ2) is 5.49. The molecule has 0 aliphatic heterocycles. The molecule has 1 amide bonds. The van der Waals surface area contributed by atoms with Gasteiger partial charge in [-0.2, -0.15) is 0 Å². The Morgan fingerprint density at radius 3 is 2.80 bits per heavy atom. The predicted molar refractivity (Wildman–Crippen MR) is 64.7 cm³/mol. The molecule has 3 nitrogen and oxygen atoms in total. The van der Waals surface area contributed by atoms with E-state index in [1.807, 2.05) is 30.1 Å². The van der Waals surface area contributed by atoms with E-state index >= 15 is 0 Å². The molecule has 0 fully saturated rings. The normalized spacial score (nSPS) is 10.7. The van der Waals surface area contributed by atoms with Crippen molar-refractivity contribution in [3.63, 3.8) is 0 Å². The van der Waals surface area contributed by atoms with Crippen LogP contribution in [0.5, 0.6) is 0 Å². The Balaban J connectivity index is 2.68. The lowest BCUT2D eigenvalue weighted by Crippen LogP contribution is -2.30. The molecule has 0 unspecified atom stereocenters. The highest BCUT2D eigenvalue weighted by atomic mass is 79.9. The van der Waals surface area contributed by atoms with Crippen LogP contribution >= 0.6 is 27.5 Å². The molecule has 1 rings (SSSR count). The SMILES string of the molecule is CN(CC(N)=O)Cc1ccc(Br)cc1Cl. The third kappa shape index (κ3) is 4.20. The van der Waals surface area contributed by atoms with Crippen molar-refractivity contribution in [1.82, 2.24) is 4.90 Å². The zero-order valence-corrected chi connectivity index (χ0v) is 10.7. The first kappa shape index (κ1) is 12.5. The largest absolute Gasteiger partial charge is 0.369 e. The van der Waals surface area contributed by atoms with Crippen LogP contribution in [0.15, 0.2) is 22.7 Å². The van der Waals surface area contributed by atoms with Gasteiger partial charge in [-0.1, -0.05) is 33.6 Å². The van der Waals surface area contributed by atoms with Gasteiger partial charge in [0, 0.05) is 16.0 Å².